The number of carbonyl (C=O) groups excluding carboxylic acids is 1. The van der Waals surface area contributed by atoms with Crippen molar-refractivity contribution in [3.63, 3.8) is 0 Å². The Labute approximate surface area is 148 Å². The van der Waals surface area contributed by atoms with Crippen LogP contribution in [-0.2, 0) is 0 Å². The van der Waals surface area contributed by atoms with Gasteiger partial charge in [-0.15, -0.1) is 12.4 Å². The fourth-order valence-corrected chi connectivity index (χ4v) is 2.94. The maximum atomic E-state index is 12.7. The summed E-state index contributed by atoms with van der Waals surface area (Å²) in [5.41, 5.74) is 1.56. The summed E-state index contributed by atoms with van der Waals surface area (Å²) in [4.78, 5) is 18.4. The van der Waals surface area contributed by atoms with E-state index >= 15 is 0 Å². The van der Waals surface area contributed by atoms with E-state index in [0.29, 0.717) is 11.7 Å². The summed E-state index contributed by atoms with van der Waals surface area (Å²) < 4.78 is 1.92. The van der Waals surface area contributed by atoms with Gasteiger partial charge in [0, 0.05) is 32.2 Å². The van der Waals surface area contributed by atoms with E-state index in [4.69, 9.17) is 0 Å². The predicted molar refractivity (Wildman–Crippen MR) is 95.4 cm³/mol. The summed E-state index contributed by atoms with van der Waals surface area (Å²) in [6.45, 7) is 3.99. The van der Waals surface area contributed by atoms with Gasteiger partial charge in [-0.25, -0.2) is 0 Å². The molecular weight excluding hydrogens is 326 g/mol. The van der Waals surface area contributed by atoms with Gasteiger partial charge < -0.3 is 10.2 Å². The summed E-state index contributed by atoms with van der Waals surface area (Å²) in [6.07, 6.45) is 7.65. The molecule has 2 unspecified atom stereocenters. The molecule has 0 bridgehead atoms. The Morgan fingerprint density at radius 2 is 2.12 bits per heavy atom. The third-order valence-electron chi connectivity index (χ3n) is 4.56. The number of nitrogens with zero attached hydrogens (tertiary/aromatic N) is 4. The highest BCUT2D eigenvalue weighted by Crippen LogP contribution is 2.20. The number of piperidine rings is 1. The predicted octanol–water partition coefficient (Wildman–Crippen LogP) is 2.46. The van der Waals surface area contributed by atoms with Crippen LogP contribution in [0.15, 0.2) is 36.8 Å². The summed E-state index contributed by atoms with van der Waals surface area (Å²) in [5.74, 6) is -0.0585. The Balaban J connectivity index is 0.00000208. The van der Waals surface area contributed by atoms with Crippen LogP contribution in [0.25, 0.3) is 0 Å². The fraction of sp³-hybridized carbons (Fsp3) is 0.471. The zero-order valence-corrected chi connectivity index (χ0v) is 14.9. The smallest absolute Gasteiger partial charge is 0.274 e. The van der Waals surface area contributed by atoms with Crippen molar-refractivity contribution in [3.05, 3.63) is 48.0 Å². The molecule has 1 aliphatic heterocycles. The third-order valence-corrected chi connectivity index (χ3v) is 4.56. The minimum atomic E-state index is -0.0585. The van der Waals surface area contributed by atoms with Crippen LogP contribution in [0.4, 0.5) is 0 Å². The van der Waals surface area contributed by atoms with Crippen LogP contribution in [-0.4, -0.2) is 45.7 Å². The minimum Gasteiger partial charge on any atom is -0.334 e. The first-order valence-corrected chi connectivity index (χ1v) is 8.10. The monoisotopic (exact) mass is 349 g/mol. The molecule has 1 N–H and O–H groups in total. The van der Waals surface area contributed by atoms with Gasteiger partial charge in [-0.3, -0.25) is 14.5 Å². The molecule has 2 atom stereocenters. The van der Waals surface area contributed by atoms with Crippen LogP contribution in [0.1, 0.15) is 47.9 Å². The number of carbonyl (C=O) groups is 1. The van der Waals surface area contributed by atoms with E-state index in [9.17, 15) is 4.79 Å². The molecule has 0 aromatic carbocycles. The highest BCUT2D eigenvalue weighted by molar-refractivity contribution is 5.92. The van der Waals surface area contributed by atoms with E-state index in [0.717, 1.165) is 31.5 Å². The number of nitrogens with one attached hydrogen (secondary N) is 1. The number of rotatable bonds is 4. The van der Waals surface area contributed by atoms with E-state index in [1.165, 1.54) is 0 Å². The maximum Gasteiger partial charge on any atom is 0.274 e. The summed E-state index contributed by atoms with van der Waals surface area (Å²) in [6, 6.07) is 5.99. The van der Waals surface area contributed by atoms with Gasteiger partial charge in [0.1, 0.15) is 5.69 Å². The summed E-state index contributed by atoms with van der Waals surface area (Å²) >= 11 is 0. The summed E-state index contributed by atoms with van der Waals surface area (Å²) in [7, 11) is 1.81. The zero-order valence-electron chi connectivity index (χ0n) is 14.1. The molecule has 6 nitrogen and oxygen atoms in total. The average Bonchev–Trinajstić information content (AvgIpc) is 3.11. The Bertz CT molecular complexity index is 654. The lowest BCUT2D eigenvalue weighted by Gasteiger charge is -2.25. The Morgan fingerprint density at radius 1 is 1.38 bits per heavy atom. The summed E-state index contributed by atoms with van der Waals surface area (Å²) in [5, 5.41) is 7.88. The lowest BCUT2D eigenvalue weighted by Crippen LogP contribution is -2.33. The Kier molecular flexibility index (Phi) is 6.34. The molecule has 130 valence electrons. The molecule has 1 amide bonds. The Morgan fingerprint density at radius 3 is 2.79 bits per heavy atom. The lowest BCUT2D eigenvalue weighted by molar-refractivity contribution is 0.0735. The average molecular weight is 350 g/mol. The van der Waals surface area contributed by atoms with E-state index < -0.39 is 0 Å². The van der Waals surface area contributed by atoms with Crippen LogP contribution in [0, 0.1) is 0 Å². The normalized spacial score (nSPS) is 18.5. The number of hydrogen-bond donors (Lipinski definition) is 1. The van der Waals surface area contributed by atoms with Crippen molar-refractivity contribution in [1.29, 1.82) is 0 Å². The second-order valence-electron chi connectivity index (χ2n) is 6.05. The number of aromatic nitrogens is 3. The van der Waals surface area contributed by atoms with Crippen molar-refractivity contribution >= 4 is 18.3 Å². The van der Waals surface area contributed by atoms with Crippen LogP contribution < -0.4 is 5.32 Å². The SMILES string of the molecule is CC(c1ccncc1)N(C)C(=O)c1ccn(C2CCCNC2)n1.Cl. The minimum absolute atomic E-state index is 0. The molecule has 3 rings (SSSR count). The largest absolute Gasteiger partial charge is 0.334 e. The molecule has 3 heterocycles. The fourth-order valence-electron chi connectivity index (χ4n) is 2.94. The standard InChI is InChI=1S/C17H23N5O.ClH/c1-13(14-5-9-18-10-6-14)21(2)17(23)16-7-11-22(20-16)15-4-3-8-19-12-15;/h5-7,9-11,13,15,19H,3-4,8,12H2,1-2H3;1H. The molecule has 7 heteroatoms. The number of halogens is 1. The lowest BCUT2D eigenvalue weighted by atomic mass is 10.1. The van der Waals surface area contributed by atoms with Crippen LogP contribution in [0.5, 0.6) is 0 Å². The van der Waals surface area contributed by atoms with Crippen LogP contribution in [0.2, 0.25) is 0 Å². The number of hydrogen-bond acceptors (Lipinski definition) is 4. The topological polar surface area (TPSA) is 63.1 Å². The van der Waals surface area contributed by atoms with Gasteiger partial charge in [-0.1, -0.05) is 0 Å². The second-order valence-corrected chi connectivity index (χ2v) is 6.05. The first-order valence-electron chi connectivity index (χ1n) is 8.10. The highest BCUT2D eigenvalue weighted by Gasteiger charge is 2.22. The van der Waals surface area contributed by atoms with Crippen molar-refractivity contribution in [3.8, 4) is 0 Å². The van der Waals surface area contributed by atoms with Gasteiger partial charge >= 0.3 is 0 Å². The molecule has 1 saturated heterocycles. The van der Waals surface area contributed by atoms with Crippen molar-refractivity contribution < 1.29 is 4.79 Å². The second kappa shape index (κ2) is 8.26. The molecule has 0 aliphatic carbocycles. The van der Waals surface area contributed by atoms with Crippen molar-refractivity contribution in [2.24, 2.45) is 0 Å². The quantitative estimate of drug-likeness (QED) is 0.921. The molecule has 1 fully saturated rings. The number of pyridine rings is 1. The van der Waals surface area contributed by atoms with E-state index in [-0.39, 0.29) is 24.4 Å². The molecule has 0 radical (unpaired) electrons. The molecule has 2 aromatic heterocycles. The molecule has 24 heavy (non-hydrogen) atoms. The molecule has 1 aliphatic rings. The molecule has 0 saturated carbocycles. The van der Waals surface area contributed by atoms with Gasteiger partial charge in [0.2, 0.25) is 0 Å². The first-order chi connectivity index (χ1) is 11.2. The zero-order chi connectivity index (χ0) is 16.2. The Hall–Kier alpha value is -1.92. The first kappa shape index (κ1) is 18.4. The van der Waals surface area contributed by atoms with Gasteiger partial charge in [-0.05, 0) is 50.1 Å². The van der Waals surface area contributed by atoms with E-state index in [1.54, 1.807) is 17.3 Å². The highest BCUT2D eigenvalue weighted by atomic mass is 35.5. The van der Waals surface area contributed by atoms with Crippen LogP contribution in [0.3, 0.4) is 0 Å². The van der Waals surface area contributed by atoms with Gasteiger partial charge in [0.15, 0.2) is 0 Å². The molecular formula is C17H24ClN5O. The third kappa shape index (κ3) is 3.94. The molecule has 0 spiro atoms. The van der Waals surface area contributed by atoms with Crippen molar-refractivity contribution in [2.45, 2.75) is 31.8 Å². The number of amides is 1. The van der Waals surface area contributed by atoms with Crippen molar-refractivity contribution in [1.82, 2.24) is 25.0 Å². The molecule has 2 aromatic rings. The maximum absolute atomic E-state index is 12.7. The van der Waals surface area contributed by atoms with Gasteiger partial charge in [-0.2, -0.15) is 5.10 Å². The van der Waals surface area contributed by atoms with Gasteiger partial charge in [0.05, 0.1) is 12.1 Å². The van der Waals surface area contributed by atoms with Gasteiger partial charge in [0.25, 0.3) is 5.91 Å². The van der Waals surface area contributed by atoms with Crippen LogP contribution >= 0.6 is 12.4 Å². The van der Waals surface area contributed by atoms with E-state index in [1.807, 2.05) is 43.0 Å². The van der Waals surface area contributed by atoms with Crippen molar-refractivity contribution in [2.75, 3.05) is 20.1 Å². The van der Waals surface area contributed by atoms with E-state index in [2.05, 4.69) is 15.4 Å².